The Morgan fingerprint density at radius 3 is 2.69 bits per heavy atom. The lowest BCUT2D eigenvalue weighted by atomic mass is 9.88. The summed E-state index contributed by atoms with van der Waals surface area (Å²) in [5, 5.41) is 12.7. The second-order valence-corrected chi connectivity index (χ2v) is 5.53. The number of aliphatic hydroxyl groups is 1. The Kier molecular flexibility index (Phi) is 3.45. The second-order valence-electron chi connectivity index (χ2n) is 4.55. The van der Waals surface area contributed by atoms with Gasteiger partial charge in [-0.3, -0.25) is 0 Å². The van der Waals surface area contributed by atoms with E-state index in [0.717, 1.165) is 11.4 Å². The molecule has 13 heavy (non-hydrogen) atoms. The first-order valence-corrected chi connectivity index (χ1v) is 5.42. The van der Waals surface area contributed by atoms with Crippen molar-refractivity contribution in [2.45, 2.75) is 39.7 Å². The molecule has 1 rings (SSSR count). The highest BCUT2D eigenvalue weighted by Gasteiger charge is 2.17. The third kappa shape index (κ3) is 4.39. The molecule has 0 aromatic carbocycles. The topological polar surface area (TPSA) is 33.1 Å². The highest BCUT2D eigenvalue weighted by molar-refractivity contribution is 7.09. The number of nitrogens with zero attached hydrogens (tertiary/aromatic N) is 1. The molecule has 74 valence electrons. The van der Waals surface area contributed by atoms with Crippen LogP contribution in [0.5, 0.6) is 0 Å². The van der Waals surface area contributed by atoms with Crippen molar-refractivity contribution in [3.05, 3.63) is 16.6 Å². The van der Waals surface area contributed by atoms with Crippen LogP contribution in [0.2, 0.25) is 0 Å². The van der Waals surface area contributed by atoms with Gasteiger partial charge in [-0.1, -0.05) is 20.8 Å². The minimum absolute atomic E-state index is 0.191. The zero-order valence-electron chi connectivity index (χ0n) is 8.45. The van der Waals surface area contributed by atoms with E-state index >= 15 is 0 Å². The van der Waals surface area contributed by atoms with E-state index in [-0.39, 0.29) is 11.5 Å². The fourth-order valence-electron chi connectivity index (χ4n) is 1.33. The molecule has 0 spiro atoms. The van der Waals surface area contributed by atoms with Crippen LogP contribution < -0.4 is 0 Å². The molecule has 0 fully saturated rings. The van der Waals surface area contributed by atoms with Crippen LogP contribution in [0.25, 0.3) is 0 Å². The zero-order chi connectivity index (χ0) is 9.90. The first-order valence-electron chi connectivity index (χ1n) is 4.54. The van der Waals surface area contributed by atoms with Crippen LogP contribution in [-0.2, 0) is 6.42 Å². The molecule has 0 aliphatic carbocycles. The molecule has 0 saturated carbocycles. The predicted molar refractivity (Wildman–Crippen MR) is 55.9 cm³/mol. The average Bonchev–Trinajstić information content (AvgIpc) is 2.34. The van der Waals surface area contributed by atoms with E-state index in [0.29, 0.717) is 6.42 Å². The van der Waals surface area contributed by atoms with Crippen molar-refractivity contribution in [1.82, 2.24) is 4.98 Å². The largest absolute Gasteiger partial charge is 0.393 e. The van der Waals surface area contributed by atoms with Gasteiger partial charge in [0.1, 0.15) is 0 Å². The van der Waals surface area contributed by atoms with Crippen LogP contribution in [0, 0.1) is 5.41 Å². The van der Waals surface area contributed by atoms with E-state index in [1.165, 1.54) is 0 Å². The molecule has 1 aromatic rings. The lowest BCUT2D eigenvalue weighted by Crippen LogP contribution is -2.19. The van der Waals surface area contributed by atoms with Gasteiger partial charge < -0.3 is 5.11 Å². The van der Waals surface area contributed by atoms with Crippen molar-refractivity contribution in [2.75, 3.05) is 0 Å². The molecular formula is C10H17NOS. The van der Waals surface area contributed by atoms with Crippen LogP contribution in [0.1, 0.15) is 32.2 Å². The molecular weight excluding hydrogens is 182 g/mol. The van der Waals surface area contributed by atoms with Gasteiger partial charge in [-0.25, -0.2) is 4.98 Å². The van der Waals surface area contributed by atoms with Crippen molar-refractivity contribution >= 4 is 11.3 Å². The molecule has 3 heteroatoms. The number of hydrogen-bond donors (Lipinski definition) is 1. The molecule has 1 heterocycles. The van der Waals surface area contributed by atoms with Gasteiger partial charge in [0.2, 0.25) is 0 Å². The van der Waals surface area contributed by atoms with Crippen molar-refractivity contribution in [1.29, 1.82) is 0 Å². The van der Waals surface area contributed by atoms with Gasteiger partial charge in [0, 0.05) is 18.0 Å². The Bertz CT molecular complexity index is 238. The SMILES string of the molecule is CC(C)(C)CC(O)Cc1nccs1. The molecule has 0 aliphatic heterocycles. The molecule has 1 N–H and O–H groups in total. The predicted octanol–water partition coefficient (Wildman–Crippen LogP) is 2.48. The fraction of sp³-hybridized carbons (Fsp3) is 0.700. The Labute approximate surface area is 83.6 Å². The van der Waals surface area contributed by atoms with Crippen molar-refractivity contribution < 1.29 is 5.11 Å². The highest BCUT2D eigenvalue weighted by atomic mass is 32.1. The van der Waals surface area contributed by atoms with E-state index in [2.05, 4.69) is 25.8 Å². The highest BCUT2D eigenvalue weighted by Crippen LogP contribution is 2.22. The summed E-state index contributed by atoms with van der Waals surface area (Å²) < 4.78 is 0. The Hall–Kier alpha value is -0.410. The molecule has 0 aliphatic rings. The molecule has 0 saturated heterocycles. The van der Waals surface area contributed by atoms with E-state index in [1.807, 2.05) is 5.38 Å². The third-order valence-electron chi connectivity index (χ3n) is 1.74. The molecule has 2 nitrogen and oxygen atoms in total. The van der Waals surface area contributed by atoms with Gasteiger partial charge in [0.25, 0.3) is 0 Å². The summed E-state index contributed by atoms with van der Waals surface area (Å²) in [6.45, 7) is 6.41. The number of aromatic nitrogens is 1. The monoisotopic (exact) mass is 199 g/mol. The van der Waals surface area contributed by atoms with Gasteiger partial charge in [-0.2, -0.15) is 0 Å². The molecule has 0 radical (unpaired) electrons. The molecule has 1 aromatic heterocycles. The molecule has 0 bridgehead atoms. The summed E-state index contributed by atoms with van der Waals surface area (Å²) in [5.41, 5.74) is 0.191. The van der Waals surface area contributed by atoms with Gasteiger partial charge in [0.15, 0.2) is 0 Å². The van der Waals surface area contributed by atoms with Crippen LogP contribution in [-0.4, -0.2) is 16.2 Å². The first kappa shape index (κ1) is 10.7. The zero-order valence-corrected chi connectivity index (χ0v) is 9.27. The van der Waals surface area contributed by atoms with Crippen LogP contribution in [0.4, 0.5) is 0 Å². The maximum Gasteiger partial charge on any atom is 0.0950 e. The van der Waals surface area contributed by atoms with Crippen molar-refractivity contribution in [3.63, 3.8) is 0 Å². The summed E-state index contributed by atoms with van der Waals surface area (Å²) in [4.78, 5) is 4.14. The Morgan fingerprint density at radius 2 is 2.23 bits per heavy atom. The minimum atomic E-state index is -0.258. The summed E-state index contributed by atoms with van der Waals surface area (Å²) in [7, 11) is 0. The van der Waals surface area contributed by atoms with Crippen LogP contribution >= 0.6 is 11.3 Å². The summed E-state index contributed by atoms with van der Waals surface area (Å²) in [6, 6.07) is 0. The smallest absolute Gasteiger partial charge is 0.0950 e. The summed E-state index contributed by atoms with van der Waals surface area (Å²) >= 11 is 1.61. The quantitative estimate of drug-likeness (QED) is 0.811. The number of aliphatic hydroxyl groups excluding tert-OH is 1. The van der Waals surface area contributed by atoms with Crippen LogP contribution in [0.15, 0.2) is 11.6 Å². The Morgan fingerprint density at radius 1 is 1.54 bits per heavy atom. The lowest BCUT2D eigenvalue weighted by molar-refractivity contribution is 0.121. The van der Waals surface area contributed by atoms with Crippen molar-refractivity contribution in [3.8, 4) is 0 Å². The maximum absolute atomic E-state index is 9.72. The van der Waals surface area contributed by atoms with E-state index in [9.17, 15) is 5.11 Å². The first-order chi connectivity index (χ1) is 5.97. The van der Waals surface area contributed by atoms with Gasteiger partial charge >= 0.3 is 0 Å². The average molecular weight is 199 g/mol. The van der Waals surface area contributed by atoms with Crippen molar-refractivity contribution in [2.24, 2.45) is 5.41 Å². The normalized spacial score (nSPS) is 14.5. The van der Waals surface area contributed by atoms with E-state index < -0.39 is 0 Å². The van der Waals surface area contributed by atoms with E-state index in [1.54, 1.807) is 17.5 Å². The summed E-state index contributed by atoms with van der Waals surface area (Å²) in [6.07, 6.45) is 3.04. The van der Waals surface area contributed by atoms with Gasteiger partial charge in [0.05, 0.1) is 11.1 Å². The number of rotatable bonds is 3. The molecule has 0 amide bonds. The number of thiazole rings is 1. The fourth-order valence-corrected chi connectivity index (χ4v) is 2.02. The Balaban J connectivity index is 2.38. The van der Waals surface area contributed by atoms with E-state index in [4.69, 9.17) is 0 Å². The maximum atomic E-state index is 9.72. The minimum Gasteiger partial charge on any atom is -0.393 e. The summed E-state index contributed by atoms with van der Waals surface area (Å²) in [5.74, 6) is 0. The molecule has 1 atom stereocenters. The standard InChI is InChI=1S/C10H17NOS/c1-10(2,3)7-8(12)6-9-11-4-5-13-9/h4-5,8,12H,6-7H2,1-3H3. The second kappa shape index (κ2) is 4.20. The molecule has 1 unspecified atom stereocenters. The van der Waals surface area contributed by atoms with Gasteiger partial charge in [-0.05, 0) is 11.8 Å². The third-order valence-corrected chi connectivity index (χ3v) is 2.54. The lowest BCUT2D eigenvalue weighted by Gasteiger charge is -2.21. The number of hydrogen-bond acceptors (Lipinski definition) is 3. The van der Waals surface area contributed by atoms with Crippen LogP contribution in [0.3, 0.4) is 0 Å². The van der Waals surface area contributed by atoms with Gasteiger partial charge in [-0.15, -0.1) is 11.3 Å².